The van der Waals surface area contributed by atoms with E-state index in [9.17, 15) is 5.26 Å². The van der Waals surface area contributed by atoms with Gasteiger partial charge in [-0.15, -0.1) is 0 Å². The minimum absolute atomic E-state index is 0.727. The minimum Gasteiger partial charge on any atom is -0.358 e. The summed E-state index contributed by atoms with van der Waals surface area (Å²) in [5, 5.41) is 14.3. The molecule has 34 heavy (non-hydrogen) atoms. The molecular weight excluding hydrogens is 438 g/mol. The molecule has 2 aromatic carbocycles. The van der Waals surface area contributed by atoms with Crippen LogP contribution in [0.2, 0.25) is 0 Å². The molecule has 5 nitrogen and oxygen atoms in total. The maximum atomic E-state index is 10.1. The molecule has 0 radical (unpaired) electrons. The second-order valence-electron chi connectivity index (χ2n) is 8.92. The molecule has 172 valence electrons. The fraction of sp³-hybridized carbons (Fsp3) is 0.321. The van der Waals surface area contributed by atoms with E-state index in [-0.39, 0.29) is 0 Å². The number of hydrogen-bond acceptors (Lipinski definition) is 4. The van der Waals surface area contributed by atoms with E-state index < -0.39 is 0 Å². The molecule has 1 aromatic heterocycles. The monoisotopic (exact) mass is 467 g/mol. The van der Waals surface area contributed by atoms with Crippen molar-refractivity contribution in [2.45, 2.75) is 32.2 Å². The van der Waals surface area contributed by atoms with E-state index in [1.54, 1.807) is 0 Å². The highest BCUT2D eigenvalue weighted by molar-refractivity contribution is 7.80. The average Bonchev–Trinajstić information content (AvgIpc) is 2.92. The molecule has 0 saturated carbocycles. The van der Waals surface area contributed by atoms with E-state index in [0.29, 0.717) is 0 Å². The lowest BCUT2D eigenvalue weighted by Gasteiger charge is -2.38. The second-order valence-corrected chi connectivity index (χ2v) is 9.31. The van der Waals surface area contributed by atoms with Crippen LogP contribution in [0.15, 0.2) is 60.7 Å². The molecule has 0 unspecified atom stereocenters. The van der Waals surface area contributed by atoms with Crippen LogP contribution >= 0.6 is 12.2 Å². The molecule has 0 bridgehead atoms. The lowest BCUT2D eigenvalue weighted by molar-refractivity contribution is 0.378. The van der Waals surface area contributed by atoms with Gasteiger partial charge in [-0.05, 0) is 54.6 Å². The Hall–Kier alpha value is -3.43. The predicted octanol–water partition coefficient (Wildman–Crippen LogP) is 4.70. The third-order valence-electron chi connectivity index (χ3n) is 6.81. The van der Waals surface area contributed by atoms with Gasteiger partial charge in [-0.3, -0.25) is 0 Å². The smallest absolute Gasteiger partial charge is 0.169 e. The largest absolute Gasteiger partial charge is 0.358 e. The van der Waals surface area contributed by atoms with Crippen LogP contribution in [0.25, 0.3) is 11.3 Å². The molecule has 1 aliphatic carbocycles. The third-order valence-corrected chi connectivity index (χ3v) is 7.21. The van der Waals surface area contributed by atoms with Crippen molar-refractivity contribution < 1.29 is 0 Å². The van der Waals surface area contributed by atoms with Gasteiger partial charge in [-0.1, -0.05) is 60.7 Å². The predicted molar refractivity (Wildman–Crippen MR) is 141 cm³/mol. The molecule has 3 aromatic rings. The van der Waals surface area contributed by atoms with Gasteiger partial charge in [0, 0.05) is 38.3 Å². The number of anilines is 1. The van der Waals surface area contributed by atoms with E-state index in [4.69, 9.17) is 17.2 Å². The lowest BCUT2D eigenvalue weighted by Crippen LogP contribution is -2.52. The van der Waals surface area contributed by atoms with Crippen molar-refractivity contribution in [1.82, 2.24) is 15.2 Å². The number of nitrogens with one attached hydrogen (secondary N) is 1. The standard InChI is InChI=1S/C28H29N5S/c29-19-25-23-13-7-8-14-24(23)26(22-11-5-2-6-12-22)31-27(25)32-15-17-33(18-16-32)28(34)30-20-21-9-3-1-4-10-21/h1-6,9-12H,7-8,13-18,20H2,(H,30,34). The Morgan fingerprint density at radius 1 is 0.912 bits per heavy atom. The average molecular weight is 468 g/mol. The van der Waals surface area contributed by atoms with Crippen LogP contribution in [-0.4, -0.2) is 41.2 Å². The molecule has 0 atom stereocenters. The van der Waals surface area contributed by atoms with Gasteiger partial charge in [0.05, 0.1) is 11.3 Å². The summed E-state index contributed by atoms with van der Waals surface area (Å²) in [4.78, 5) is 9.63. The van der Waals surface area contributed by atoms with Crippen molar-refractivity contribution in [2.75, 3.05) is 31.1 Å². The number of nitrogens with zero attached hydrogens (tertiary/aromatic N) is 4. The number of aromatic nitrogens is 1. The van der Waals surface area contributed by atoms with Crippen molar-refractivity contribution >= 4 is 23.1 Å². The summed E-state index contributed by atoms with van der Waals surface area (Å²) in [5.74, 6) is 0.838. The molecule has 1 saturated heterocycles. The first-order valence-corrected chi connectivity index (χ1v) is 12.5. The fourth-order valence-electron chi connectivity index (χ4n) is 4.99. The normalized spacial score (nSPS) is 15.4. The van der Waals surface area contributed by atoms with Crippen molar-refractivity contribution in [3.63, 3.8) is 0 Å². The Labute approximate surface area is 207 Å². The van der Waals surface area contributed by atoms with Gasteiger partial charge in [0.25, 0.3) is 0 Å². The van der Waals surface area contributed by atoms with E-state index >= 15 is 0 Å². The molecular formula is C28H29N5S. The van der Waals surface area contributed by atoms with Gasteiger partial charge in [-0.25, -0.2) is 4.98 Å². The highest BCUT2D eigenvalue weighted by Gasteiger charge is 2.27. The molecule has 6 heteroatoms. The summed E-state index contributed by atoms with van der Waals surface area (Å²) in [6.45, 7) is 3.94. The first-order valence-electron chi connectivity index (χ1n) is 12.1. The Morgan fingerprint density at radius 2 is 1.56 bits per heavy atom. The number of rotatable bonds is 4. The third kappa shape index (κ3) is 4.62. The maximum absolute atomic E-state index is 10.1. The van der Waals surface area contributed by atoms with Crippen molar-refractivity contribution in [3.8, 4) is 17.3 Å². The summed E-state index contributed by atoms with van der Waals surface area (Å²) in [5.41, 5.74) is 6.65. The zero-order valence-corrected chi connectivity index (χ0v) is 20.2. The van der Waals surface area contributed by atoms with Gasteiger partial charge in [0.2, 0.25) is 0 Å². The number of thiocarbonyl (C=S) groups is 1. The van der Waals surface area contributed by atoms with Crippen LogP contribution < -0.4 is 10.2 Å². The van der Waals surface area contributed by atoms with E-state index in [0.717, 1.165) is 86.2 Å². The van der Waals surface area contributed by atoms with Crippen LogP contribution in [0.1, 0.15) is 35.1 Å². The Kier molecular flexibility index (Phi) is 6.73. The van der Waals surface area contributed by atoms with Gasteiger partial charge < -0.3 is 15.1 Å². The molecule has 1 aliphatic heterocycles. The number of fused-ring (bicyclic) bond motifs is 1. The van der Waals surface area contributed by atoms with E-state index in [1.807, 2.05) is 24.3 Å². The van der Waals surface area contributed by atoms with Crippen molar-refractivity contribution in [1.29, 1.82) is 5.26 Å². The molecule has 1 N–H and O–H groups in total. The summed E-state index contributed by atoms with van der Waals surface area (Å²) in [6.07, 6.45) is 4.25. The van der Waals surface area contributed by atoms with E-state index in [1.165, 1.54) is 16.7 Å². The molecule has 0 amide bonds. The summed E-state index contributed by atoms with van der Waals surface area (Å²) < 4.78 is 0. The number of benzene rings is 2. The van der Waals surface area contributed by atoms with Crippen LogP contribution in [0.3, 0.4) is 0 Å². The Balaban J connectivity index is 1.35. The molecule has 0 spiro atoms. The second kappa shape index (κ2) is 10.2. The number of piperazine rings is 1. The first kappa shape index (κ1) is 22.4. The summed E-state index contributed by atoms with van der Waals surface area (Å²) >= 11 is 5.67. The van der Waals surface area contributed by atoms with Crippen LogP contribution in [0.4, 0.5) is 5.82 Å². The zero-order chi connectivity index (χ0) is 23.3. The lowest BCUT2D eigenvalue weighted by atomic mass is 9.86. The zero-order valence-electron chi connectivity index (χ0n) is 19.3. The Morgan fingerprint density at radius 3 is 2.24 bits per heavy atom. The topological polar surface area (TPSA) is 55.2 Å². The minimum atomic E-state index is 0.727. The SMILES string of the molecule is N#Cc1c(N2CCN(C(=S)NCc3ccccc3)CC2)nc(-c2ccccc2)c2c1CCCC2. The van der Waals surface area contributed by atoms with Crippen molar-refractivity contribution in [2.24, 2.45) is 0 Å². The van der Waals surface area contributed by atoms with Crippen LogP contribution in [0, 0.1) is 11.3 Å². The summed E-state index contributed by atoms with van der Waals surface area (Å²) in [7, 11) is 0. The first-order chi connectivity index (χ1) is 16.7. The maximum Gasteiger partial charge on any atom is 0.169 e. The summed E-state index contributed by atoms with van der Waals surface area (Å²) in [6, 6.07) is 23.2. The number of nitriles is 1. The molecule has 1 fully saturated rings. The number of hydrogen-bond donors (Lipinski definition) is 1. The van der Waals surface area contributed by atoms with Gasteiger partial charge in [-0.2, -0.15) is 5.26 Å². The van der Waals surface area contributed by atoms with E-state index in [2.05, 4.69) is 57.6 Å². The van der Waals surface area contributed by atoms with Gasteiger partial charge >= 0.3 is 0 Å². The quantitative estimate of drug-likeness (QED) is 0.562. The molecule has 5 rings (SSSR count). The molecule has 2 heterocycles. The fourth-order valence-corrected chi connectivity index (χ4v) is 5.25. The Bertz CT molecular complexity index is 1190. The molecule has 2 aliphatic rings. The van der Waals surface area contributed by atoms with Crippen LogP contribution in [-0.2, 0) is 19.4 Å². The van der Waals surface area contributed by atoms with Gasteiger partial charge in [0.1, 0.15) is 11.9 Å². The van der Waals surface area contributed by atoms with Crippen LogP contribution in [0.5, 0.6) is 0 Å². The highest BCUT2D eigenvalue weighted by Crippen LogP contribution is 2.36. The van der Waals surface area contributed by atoms with Gasteiger partial charge in [0.15, 0.2) is 5.11 Å². The number of pyridine rings is 1. The highest BCUT2D eigenvalue weighted by atomic mass is 32.1. The van der Waals surface area contributed by atoms with Crippen molar-refractivity contribution in [3.05, 3.63) is 82.9 Å².